The van der Waals surface area contributed by atoms with Crippen LogP contribution in [0.2, 0.25) is 0 Å². The van der Waals surface area contributed by atoms with Gasteiger partial charge in [-0.25, -0.2) is 4.79 Å². The van der Waals surface area contributed by atoms with Crippen molar-refractivity contribution in [2.75, 3.05) is 17.2 Å². The molecule has 0 saturated heterocycles. The van der Waals surface area contributed by atoms with E-state index in [9.17, 15) is 19.3 Å². The molecule has 2 aliphatic carbocycles. The van der Waals surface area contributed by atoms with Crippen LogP contribution in [0.25, 0.3) is 0 Å². The first-order valence-corrected chi connectivity index (χ1v) is 16.7. The van der Waals surface area contributed by atoms with Gasteiger partial charge in [0, 0.05) is 29.7 Å². The molecule has 37 heavy (non-hydrogen) atoms. The maximum Gasteiger partial charge on any atom is 0.348 e. The lowest BCUT2D eigenvalue weighted by atomic mass is 9.81. The molecule has 2 saturated carbocycles. The van der Waals surface area contributed by atoms with Crippen molar-refractivity contribution in [1.29, 1.82) is 0 Å². The Bertz CT molecular complexity index is 1050. The minimum absolute atomic E-state index is 0.0414. The molecule has 1 aromatic heterocycles. The van der Waals surface area contributed by atoms with Crippen LogP contribution >= 0.6 is 18.7 Å². The molecule has 3 rings (SSSR count). The zero-order valence-corrected chi connectivity index (χ0v) is 25.1. The monoisotopic (exact) mass is 549 g/mol. The molecule has 0 bridgehead atoms. The third-order valence-electron chi connectivity index (χ3n) is 7.64. The molecule has 1 N–H and O–H groups in total. The lowest BCUT2D eigenvalue weighted by Gasteiger charge is -2.40. The molecule has 0 aliphatic heterocycles. The molecule has 0 atom stereocenters. The SMILES string of the molecule is CCP(=O)(CC)OC1CCC(N(C(=O)C2CCC(C)CC2)c2cc(C#CC(C)(C)C)sc2C(=O)O)CC1. The van der Waals surface area contributed by atoms with E-state index in [1.54, 1.807) is 11.0 Å². The topological polar surface area (TPSA) is 83.9 Å². The Morgan fingerprint density at radius 3 is 2.19 bits per heavy atom. The van der Waals surface area contributed by atoms with Gasteiger partial charge in [0.15, 0.2) is 0 Å². The number of amides is 1. The van der Waals surface area contributed by atoms with Gasteiger partial charge >= 0.3 is 5.97 Å². The summed E-state index contributed by atoms with van der Waals surface area (Å²) in [6.07, 6.45) is 7.53. The van der Waals surface area contributed by atoms with Gasteiger partial charge in [0.1, 0.15) is 4.88 Å². The fourth-order valence-electron chi connectivity index (χ4n) is 5.28. The van der Waals surface area contributed by atoms with E-state index in [0.29, 0.717) is 54.5 Å². The van der Waals surface area contributed by atoms with Crippen LogP contribution in [-0.2, 0) is 13.9 Å². The maximum absolute atomic E-state index is 14.0. The minimum Gasteiger partial charge on any atom is -0.477 e. The van der Waals surface area contributed by atoms with Crippen LogP contribution in [-0.4, -0.2) is 41.5 Å². The number of thiophene rings is 1. The number of carbonyl (C=O) groups excluding carboxylic acids is 1. The quantitative estimate of drug-likeness (QED) is 0.266. The molecule has 2 aliphatic rings. The van der Waals surface area contributed by atoms with Crippen LogP contribution in [0.5, 0.6) is 0 Å². The summed E-state index contributed by atoms with van der Waals surface area (Å²) in [4.78, 5) is 29.0. The van der Waals surface area contributed by atoms with Gasteiger partial charge in [-0.15, -0.1) is 11.3 Å². The van der Waals surface area contributed by atoms with E-state index in [-0.39, 0.29) is 34.3 Å². The second kappa shape index (κ2) is 12.5. The number of aromatic carboxylic acids is 1. The van der Waals surface area contributed by atoms with Gasteiger partial charge in [-0.3, -0.25) is 9.36 Å². The second-order valence-electron chi connectivity index (χ2n) is 11.8. The van der Waals surface area contributed by atoms with Crippen molar-refractivity contribution in [2.24, 2.45) is 17.3 Å². The molecule has 0 aromatic carbocycles. The van der Waals surface area contributed by atoms with Crippen molar-refractivity contribution in [3.63, 3.8) is 0 Å². The van der Waals surface area contributed by atoms with Gasteiger partial charge in [0.25, 0.3) is 0 Å². The molecule has 0 radical (unpaired) electrons. The Labute approximate surface area is 227 Å². The third kappa shape index (κ3) is 7.94. The average molecular weight is 550 g/mol. The zero-order valence-electron chi connectivity index (χ0n) is 23.3. The molecule has 206 valence electrons. The fourth-order valence-corrected chi connectivity index (χ4v) is 7.62. The normalized spacial score (nSPS) is 24.7. The highest BCUT2D eigenvalue weighted by Gasteiger charge is 2.38. The molecule has 0 unspecified atom stereocenters. The lowest BCUT2D eigenvalue weighted by Crippen LogP contribution is -2.47. The van der Waals surface area contributed by atoms with E-state index in [2.05, 4.69) is 18.8 Å². The number of anilines is 1. The van der Waals surface area contributed by atoms with Crippen LogP contribution < -0.4 is 4.90 Å². The smallest absolute Gasteiger partial charge is 0.348 e. The summed E-state index contributed by atoms with van der Waals surface area (Å²) in [5, 5.41) is 10.1. The molecule has 8 heteroatoms. The summed E-state index contributed by atoms with van der Waals surface area (Å²) in [6.45, 7) is 12.1. The zero-order chi connectivity index (χ0) is 27.4. The number of nitrogens with zero attached hydrogens (tertiary/aromatic N) is 1. The van der Waals surface area contributed by atoms with E-state index in [1.807, 2.05) is 34.6 Å². The Kier molecular flexibility index (Phi) is 10.1. The second-order valence-corrected chi connectivity index (χ2v) is 15.9. The standard InChI is InChI=1S/C29H44NO5PS/c1-7-36(34,8-2)35-23-15-13-22(14-16-23)30(27(31)21-11-9-20(3)10-12-21)25-19-24(17-18-29(4,5)6)37-26(25)28(32)33/h19-23H,7-16H2,1-6H3,(H,32,33). The van der Waals surface area contributed by atoms with E-state index >= 15 is 0 Å². The number of rotatable bonds is 8. The van der Waals surface area contributed by atoms with Crippen molar-refractivity contribution in [1.82, 2.24) is 0 Å². The van der Waals surface area contributed by atoms with Crippen molar-refractivity contribution < 1.29 is 23.8 Å². The molecular formula is C29H44NO5PS. The van der Waals surface area contributed by atoms with Gasteiger partial charge in [-0.2, -0.15) is 0 Å². The van der Waals surface area contributed by atoms with E-state index in [4.69, 9.17) is 4.52 Å². The summed E-state index contributed by atoms with van der Waals surface area (Å²) >= 11 is 1.15. The number of hydrogen-bond donors (Lipinski definition) is 1. The molecule has 1 aromatic rings. The van der Waals surface area contributed by atoms with Crippen LogP contribution in [0.15, 0.2) is 6.07 Å². The lowest BCUT2D eigenvalue weighted by molar-refractivity contribution is -0.124. The van der Waals surface area contributed by atoms with Crippen molar-refractivity contribution in [3.05, 3.63) is 15.8 Å². The first kappa shape index (κ1) is 29.9. The summed E-state index contributed by atoms with van der Waals surface area (Å²) in [6, 6.07) is 1.70. The van der Waals surface area contributed by atoms with E-state index in [0.717, 1.165) is 37.0 Å². The van der Waals surface area contributed by atoms with Crippen molar-refractivity contribution in [2.45, 2.75) is 105 Å². The van der Waals surface area contributed by atoms with Crippen molar-refractivity contribution in [3.8, 4) is 11.8 Å². The Balaban J connectivity index is 1.92. The predicted molar refractivity (Wildman–Crippen MR) is 152 cm³/mol. The molecule has 2 fully saturated rings. The summed E-state index contributed by atoms with van der Waals surface area (Å²) < 4.78 is 19.0. The minimum atomic E-state index is -2.61. The highest BCUT2D eigenvalue weighted by atomic mass is 32.1. The summed E-state index contributed by atoms with van der Waals surface area (Å²) in [5.74, 6) is 5.88. The van der Waals surface area contributed by atoms with Gasteiger partial charge in [0.05, 0.1) is 16.7 Å². The van der Waals surface area contributed by atoms with E-state index in [1.165, 1.54) is 0 Å². The average Bonchev–Trinajstić information content (AvgIpc) is 3.28. The fraction of sp³-hybridized carbons (Fsp3) is 0.724. The molecule has 1 heterocycles. The highest BCUT2D eigenvalue weighted by Crippen LogP contribution is 2.49. The molecule has 6 nitrogen and oxygen atoms in total. The molecule has 1 amide bonds. The molecule has 0 spiro atoms. The number of carboxylic acids is 1. The van der Waals surface area contributed by atoms with Crippen LogP contribution in [0, 0.1) is 29.1 Å². The Morgan fingerprint density at radius 1 is 1.08 bits per heavy atom. The number of carbonyl (C=O) groups is 2. The first-order chi connectivity index (χ1) is 17.4. The maximum atomic E-state index is 14.0. The third-order valence-corrected chi connectivity index (χ3v) is 11.3. The van der Waals surface area contributed by atoms with Gasteiger partial charge < -0.3 is 14.5 Å². The van der Waals surface area contributed by atoms with E-state index < -0.39 is 13.3 Å². The van der Waals surface area contributed by atoms with Gasteiger partial charge in [-0.1, -0.05) is 32.6 Å². The first-order valence-electron chi connectivity index (χ1n) is 13.9. The number of carboxylic acid groups (broad SMARTS) is 1. The Morgan fingerprint density at radius 2 is 1.68 bits per heavy atom. The largest absolute Gasteiger partial charge is 0.477 e. The van der Waals surface area contributed by atoms with Crippen molar-refractivity contribution >= 4 is 36.3 Å². The predicted octanol–water partition coefficient (Wildman–Crippen LogP) is 7.65. The van der Waals surface area contributed by atoms with Gasteiger partial charge in [0.2, 0.25) is 13.3 Å². The number of hydrogen-bond acceptors (Lipinski definition) is 5. The summed E-state index contributed by atoms with van der Waals surface area (Å²) in [5.41, 5.74) is 0.271. The highest BCUT2D eigenvalue weighted by molar-refractivity contribution is 7.58. The Hall–Kier alpha value is -1.61. The van der Waals surface area contributed by atoms with Crippen LogP contribution in [0.3, 0.4) is 0 Å². The van der Waals surface area contributed by atoms with Crippen LogP contribution in [0.4, 0.5) is 5.69 Å². The van der Waals surface area contributed by atoms with Gasteiger partial charge in [-0.05, 0) is 84.1 Å². The summed E-state index contributed by atoms with van der Waals surface area (Å²) in [7, 11) is -2.61. The molecular weight excluding hydrogens is 505 g/mol. The van der Waals surface area contributed by atoms with Crippen LogP contribution in [0.1, 0.15) is 107 Å².